The van der Waals surface area contributed by atoms with Gasteiger partial charge in [-0.05, 0) is 103 Å². The lowest BCUT2D eigenvalue weighted by Gasteiger charge is -2.11. The lowest BCUT2D eigenvalue weighted by atomic mass is 10.1. The summed E-state index contributed by atoms with van der Waals surface area (Å²) in [6, 6.07) is 27.5. The molecule has 3 aromatic carbocycles. The number of unbranched alkanes of at least 4 members (excludes halogenated alkanes) is 2. The topological polar surface area (TPSA) is 74.1 Å². The Morgan fingerprint density at radius 3 is 1.73 bits per heavy atom. The number of fused-ring (bicyclic) bond motifs is 1. The third kappa shape index (κ3) is 9.28. The molecule has 0 aliphatic rings. The molecule has 0 aliphatic carbocycles. The summed E-state index contributed by atoms with van der Waals surface area (Å²) in [7, 11) is 8.50. The van der Waals surface area contributed by atoms with E-state index in [2.05, 4.69) is 109 Å². The predicted octanol–water partition coefficient (Wildman–Crippen LogP) is 6.01. The molecule has 0 saturated carbocycles. The van der Waals surface area contributed by atoms with E-state index in [0.717, 1.165) is 72.8 Å². The van der Waals surface area contributed by atoms with E-state index < -0.39 is 0 Å². The fourth-order valence-corrected chi connectivity index (χ4v) is 5.39. The lowest BCUT2D eigenvalue weighted by molar-refractivity contribution is 0.391. The van der Waals surface area contributed by atoms with Crippen molar-refractivity contribution in [3.05, 3.63) is 96.2 Å². The molecule has 0 bridgehead atoms. The summed E-state index contributed by atoms with van der Waals surface area (Å²) in [6.45, 7) is 6.02. The van der Waals surface area contributed by atoms with Crippen molar-refractivity contribution in [1.82, 2.24) is 40.2 Å². The van der Waals surface area contributed by atoms with Crippen molar-refractivity contribution in [2.75, 3.05) is 54.4 Å². The highest BCUT2D eigenvalue weighted by molar-refractivity contribution is 5.92. The van der Waals surface area contributed by atoms with Gasteiger partial charge in [0.2, 0.25) is 0 Å². The van der Waals surface area contributed by atoms with Crippen molar-refractivity contribution in [2.24, 2.45) is 0 Å². The Balaban J connectivity index is 1.35. The molecular formula is C37H48N8. The fraction of sp³-hybridized carbons (Fsp3) is 0.378. The molecule has 0 aliphatic heterocycles. The van der Waals surface area contributed by atoms with Gasteiger partial charge in [0.05, 0.1) is 23.0 Å². The van der Waals surface area contributed by atoms with E-state index in [9.17, 15) is 0 Å². The van der Waals surface area contributed by atoms with Gasteiger partial charge in [-0.2, -0.15) is 5.10 Å². The molecule has 2 heterocycles. The standard InChI is InChI=1S/C37H48N8/c1-43(2)24-10-8-22-38-26-29-14-18-31(19-15-29)35-34-28-40-45(33-12-6-5-7-13-33)37(34)42-36(41-35)32-20-16-30(17-21-32)27-39-23-9-11-25-44(3)4/h5-7,12-21,28,38-39H,8-11,22-27H2,1-4H3. The van der Waals surface area contributed by atoms with E-state index in [1.807, 2.05) is 29.1 Å². The van der Waals surface area contributed by atoms with Crippen LogP contribution in [0.3, 0.4) is 0 Å². The van der Waals surface area contributed by atoms with Gasteiger partial charge in [0.25, 0.3) is 0 Å². The largest absolute Gasteiger partial charge is 0.313 e. The molecule has 236 valence electrons. The van der Waals surface area contributed by atoms with Gasteiger partial charge in [-0.15, -0.1) is 0 Å². The molecule has 0 atom stereocenters. The van der Waals surface area contributed by atoms with Crippen LogP contribution in [0.25, 0.3) is 39.4 Å². The minimum atomic E-state index is 0.696. The average molecular weight is 605 g/mol. The van der Waals surface area contributed by atoms with Gasteiger partial charge in [-0.3, -0.25) is 0 Å². The number of hydrogen-bond donors (Lipinski definition) is 2. The highest BCUT2D eigenvalue weighted by Crippen LogP contribution is 2.30. The highest BCUT2D eigenvalue weighted by atomic mass is 15.3. The number of para-hydroxylation sites is 1. The van der Waals surface area contributed by atoms with Crippen LogP contribution in [0.4, 0.5) is 0 Å². The fourth-order valence-electron chi connectivity index (χ4n) is 5.39. The molecular weight excluding hydrogens is 556 g/mol. The van der Waals surface area contributed by atoms with E-state index in [4.69, 9.17) is 15.1 Å². The molecule has 8 heteroatoms. The number of rotatable bonds is 17. The minimum absolute atomic E-state index is 0.696. The number of aromatic nitrogens is 4. The maximum Gasteiger partial charge on any atom is 0.167 e. The Bertz CT molecular complexity index is 1590. The van der Waals surface area contributed by atoms with Crippen LogP contribution in [0, 0.1) is 0 Å². The first-order valence-corrected chi connectivity index (χ1v) is 16.2. The van der Waals surface area contributed by atoms with Gasteiger partial charge in [0, 0.05) is 24.2 Å². The van der Waals surface area contributed by atoms with Crippen LogP contribution in [0.5, 0.6) is 0 Å². The zero-order chi connectivity index (χ0) is 31.4. The van der Waals surface area contributed by atoms with Crippen LogP contribution in [-0.4, -0.2) is 83.9 Å². The highest BCUT2D eigenvalue weighted by Gasteiger charge is 2.16. The van der Waals surface area contributed by atoms with Gasteiger partial charge >= 0.3 is 0 Å². The molecule has 0 unspecified atom stereocenters. The second-order valence-electron chi connectivity index (χ2n) is 12.3. The van der Waals surface area contributed by atoms with Gasteiger partial charge in [-0.25, -0.2) is 14.6 Å². The summed E-state index contributed by atoms with van der Waals surface area (Å²) >= 11 is 0. The first kappa shape index (κ1) is 32.4. The molecule has 5 aromatic rings. The Hall–Kier alpha value is -3.95. The summed E-state index contributed by atoms with van der Waals surface area (Å²) in [5, 5.41) is 12.8. The van der Waals surface area contributed by atoms with E-state index >= 15 is 0 Å². The molecule has 5 rings (SSSR count). The summed E-state index contributed by atoms with van der Waals surface area (Å²) in [5.41, 5.74) is 7.23. The molecule has 8 nitrogen and oxygen atoms in total. The van der Waals surface area contributed by atoms with Crippen molar-refractivity contribution < 1.29 is 0 Å². The molecule has 2 N–H and O–H groups in total. The number of hydrogen-bond acceptors (Lipinski definition) is 7. The Kier molecular flexibility index (Phi) is 11.8. The van der Waals surface area contributed by atoms with Crippen LogP contribution in [0.15, 0.2) is 85.1 Å². The van der Waals surface area contributed by atoms with Gasteiger partial charge < -0.3 is 20.4 Å². The Morgan fingerprint density at radius 1 is 0.622 bits per heavy atom. The van der Waals surface area contributed by atoms with Crippen molar-refractivity contribution in [3.8, 4) is 28.3 Å². The molecule has 0 saturated heterocycles. The lowest BCUT2D eigenvalue weighted by Crippen LogP contribution is -2.18. The van der Waals surface area contributed by atoms with Crippen molar-refractivity contribution in [3.63, 3.8) is 0 Å². The van der Waals surface area contributed by atoms with Gasteiger partial charge in [-0.1, -0.05) is 66.7 Å². The maximum atomic E-state index is 5.12. The number of nitrogens with zero attached hydrogens (tertiary/aromatic N) is 6. The molecule has 0 fully saturated rings. The van der Waals surface area contributed by atoms with Crippen LogP contribution >= 0.6 is 0 Å². The second kappa shape index (κ2) is 16.4. The molecule has 2 aromatic heterocycles. The first-order valence-electron chi connectivity index (χ1n) is 16.2. The van der Waals surface area contributed by atoms with Crippen LogP contribution in [-0.2, 0) is 13.1 Å². The molecule has 45 heavy (non-hydrogen) atoms. The summed E-state index contributed by atoms with van der Waals surface area (Å²) < 4.78 is 1.91. The van der Waals surface area contributed by atoms with Gasteiger partial charge in [0.1, 0.15) is 0 Å². The predicted molar refractivity (Wildman–Crippen MR) is 187 cm³/mol. The summed E-state index contributed by atoms with van der Waals surface area (Å²) in [6.07, 6.45) is 6.66. The summed E-state index contributed by atoms with van der Waals surface area (Å²) in [5.74, 6) is 0.696. The van der Waals surface area contributed by atoms with Gasteiger partial charge in [0.15, 0.2) is 11.5 Å². The first-order chi connectivity index (χ1) is 22.0. The smallest absolute Gasteiger partial charge is 0.167 e. The van der Waals surface area contributed by atoms with Crippen molar-refractivity contribution in [2.45, 2.75) is 38.8 Å². The van der Waals surface area contributed by atoms with Crippen LogP contribution in [0.1, 0.15) is 36.8 Å². The third-order valence-electron chi connectivity index (χ3n) is 7.94. The molecule has 0 amide bonds. The SMILES string of the molecule is CN(C)CCCCNCc1ccc(-c2nc(-c3ccc(CNCCCCN(C)C)cc3)c3cnn(-c4ccccc4)c3n2)cc1. The quantitative estimate of drug-likeness (QED) is 0.126. The van der Waals surface area contributed by atoms with E-state index in [-0.39, 0.29) is 0 Å². The van der Waals surface area contributed by atoms with E-state index in [0.29, 0.717) is 5.82 Å². The number of nitrogens with one attached hydrogen (secondary N) is 2. The van der Waals surface area contributed by atoms with Crippen LogP contribution < -0.4 is 10.6 Å². The zero-order valence-electron chi connectivity index (χ0n) is 27.3. The molecule has 0 spiro atoms. The monoisotopic (exact) mass is 604 g/mol. The normalized spacial score (nSPS) is 11.7. The second-order valence-corrected chi connectivity index (χ2v) is 12.3. The van der Waals surface area contributed by atoms with E-state index in [1.165, 1.54) is 36.8 Å². The van der Waals surface area contributed by atoms with Crippen LogP contribution in [0.2, 0.25) is 0 Å². The average Bonchev–Trinajstić information content (AvgIpc) is 3.49. The Morgan fingerprint density at radius 2 is 1.18 bits per heavy atom. The third-order valence-corrected chi connectivity index (χ3v) is 7.94. The zero-order valence-corrected chi connectivity index (χ0v) is 27.3. The maximum absolute atomic E-state index is 5.12. The van der Waals surface area contributed by atoms with Crippen molar-refractivity contribution >= 4 is 11.0 Å². The number of benzene rings is 3. The molecule has 0 radical (unpaired) electrons. The minimum Gasteiger partial charge on any atom is -0.313 e. The van der Waals surface area contributed by atoms with E-state index in [1.54, 1.807) is 0 Å². The summed E-state index contributed by atoms with van der Waals surface area (Å²) in [4.78, 5) is 14.7. The Labute approximate surface area is 268 Å². The van der Waals surface area contributed by atoms with Crippen molar-refractivity contribution in [1.29, 1.82) is 0 Å².